The molecule has 7 aromatic rings. The Balaban J connectivity index is 0.000000147. The summed E-state index contributed by atoms with van der Waals surface area (Å²) in [7, 11) is 0. The van der Waals surface area contributed by atoms with Gasteiger partial charge in [-0.05, 0) is 33.4 Å². The number of rotatable bonds is 1. The molecule has 0 aliphatic carbocycles. The van der Waals surface area contributed by atoms with Gasteiger partial charge in [-0.15, -0.1) is 0 Å². The van der Waals surface area contributed by atoms with E-state index in [1.54, 1.807) is 0 Å². The number of nitrogens with one attached hydrogen (secondary N) is 1. The third-order valence-corrected chi connectivity index (χ3v) is 6.27. The summed E-state index contributed by atoms with van der Waals surface area (Å²) in [5, 5.41) is 7.81. The Morgan fingerprint density at radius 1 is 0.364 bits per heavy atom. The summed E-state index contributed by atoms with van der Waals surface area (Å²) in [4.78, 5) is 3.61. The van der Waals surface area contributed by atoms with Gasteiger partial charge in [-0.2, -0.15) is 0 Å². The summed E-state index contributed by atoms with van der Waals surface area (Å²) in [5.41, 5.74) is 5.00. The van der Waals surface area contributed by atoms with Gasteiger partial charge in [0.15, 0.2) is 0 Å². The highest BCUT2D eigenvalue weighted by molar-refractivity contribution is 6.24. The van der Waals surface area contributed by atoms with E-state index < -0.39 is 0 Å². The quantitative estimate of drug-likeness (QED) is 0.272. The highest BCUT2D eigenvalue weighted by Crippen LogP contribution is 2.35. The monoisotopic (exact) mass is 421 g/mol. The van der Waals surface area contributed by atoms with Crippen LogP contribution in [0.5, 0.6) is 0 Å². The average Bonchev–Trinajstić information content (AvgIpc) is 3.30. The number of hydrogen-bond donors (Lipinski definition) is 1. The first-order chi connectivity index (χ1) is 16.4. The number of H-pyrrole nitrogens is 1. The second-order valence-corrected chi connectivity index (χ2v) is 8.28. The maximum atomic E-state index is 3.61. The van der Waals surface area contributed by atoms with E-state index in [2.05, 4.69) is 126 Å². The second-order valence-electron chi connectivity index (χ2n) is 8.28. The van der Waals surface area contributed by atoms with Crippen LogP contribution in [-0.2, 0) is 0 Å². The van der Waals surface area contributed by atoms with Gasteiger partial charge in [0.05, 0.1) is 5.52 Å². The largest absolute Gasteiger partial charge is 0.354 e. The zero-order chi connectivity index (χ0) is 22.0. The third-order valence-electron chi connectivity index (χ3n) is 6.27. The average molecular weight is 422 g/mol. The van der Waals surface area contributed by atoms with Crippen LogP contribution in [0.1, 0.15) is 0 Å². The third kappa shape index (κ3) is 3.54. The van der Waals surface area contributed by atoms with Crippen molar-refractivity contribution in [2.75, 3.05) is 0 Å². The molecule has 0 bridgehead atoms. The van der Waals surface area contributed by atoms with Crippen molar-refractivity contribution in [2.24, 2.45) is 0 Å². The van der Waals surface area contributed by atoms with E-state index in [1.165, 1.54) is 54.5 Å². The first-order valence-corrected chi connectivity index (χ1v) is 11.3. The molecule has 1 N–H and O–H groups in total. The molecular formula is C32H23N. The Bertz CT molecular complexity index is 1660. The van der Waals surface area contributed by atoms with Crippen molar-refractivity contribution in [1.82, 2.24) is 4.98 Å². The van der Waals surface area contributed by atoms with Gasteiger partial charge >= 0.3 is 0 Å². The minimum absolute atomic E-state index is 1.21. The molecule has 7 rings (SSSR count). The van der Waals surface area contributed by atoms with Crippen LogP contribution in [0.2, 0.25) is 0 Å². The van der Waals surface area contributed by atoms with Gasteiger partial charge in [-0.25, -0.2) is 0 Å². The lowest BCUT2D eigenvalue weighted by atomic mass is 10.0. The van der Waals surface area contributed by atoms with E-state index in [0.29, 0.717) is 0 Å². The Hall–Kier alpha value is -4.36. The van der Waals surface area contributed by atoms with E-state index in [9.17, 15) is 0 Å². The van der Waals surface area contributed by atoms with Crippen LogP contribution in [0, 0.1) is 0 Å². The summed E-state index contributed by atoms with van der Waals surface area (Å²) in [6.07, 6.45) is 0. The molecule has 0 radical (unpaired) electrons. The Labute approximate surface area is 192 Å². The molecule has 0 aliphatic rings. The van der Waals surface area contributed by atoms with Gasteiger partial charge in [-0.3, -0.25) is 0 Å². The molecule has 33 heavy (non-hydrogen) atoms. The van der Waals surface area contributed by atoms with Crippen LogP contribution in [0.3, 0.4) is 0 Å². The fourth-order valence-corrected chi connectivity index (χ4v) is 4.68. The summed E-state index contributed by atoms with van der Waals surface area (Å²) < 4.78 is 0. The second kappa shape index (κ2) is 8.29. The molecule has 0 saturated heterocycles. The molecule has 6 aromatic carbocycles. The Kier molecular flexibility index (Phi) is 4.86. The van der Waals surface area contributed by atoms with Gasteiger partial charge in [0.25, 0.3) is 0 Å². The highest BCUT2D eigenvalue weighted by atomic mass is 14.7. The zero-order valence-electron chi connectivity index (χ0n) is 18.2. The summed E-state index contributed by atoms with van der Waals surface area (Å²) in [6.45, 7) is 0. The number of benzene rings is 6. The molecule has 1 heteroatoms. The molecule has 0 saturated carbocycles. The molecule has 0 amide bonds. The molecule has 0 unspecified atom stereocenters. The Morgan fingerprint density at radius 2 is 0.879 bits per heavy atom. The standard InChI is InChI=1S/C20H13N.C12H10/c1-3-7-15-13(5-1)10-12-18-19(15)17-11-9-14-6-2-4-8-16(14)20(17)21-18;1-3-7-11(8-4-1)12-9-5-2-6-10-12/h1-12,21H;1-10H. The van der Waals surface area contributed by atoms with Gasteiger partial charge in [0.1, 0.15) is 0 Å². The smallest absolute Gasteiger partial charge is 0.0544 e. The van der Waals surface area contributed by atoms with Crippen LogP contribution < -0.4 is 0 Å². The fourth-order valence-electron chi connectivity index (χ4n) is 4.68. The first kappa shape index (κ1) is 19.3. The topological polar surface area (TPSA) is 15.8 Å². The van der Waals surface area contributed by atoms with Crippen LogP contribution in [0.15, 0.2) is 133 Å². The summed E-state index contributed by atoms with van der Waals surface area (Å²) in [6, 6.07) is 46.8. The van der Waals surface area contributed by atoms with Crippen molar-refractivity contribution in [2.45, 2.75) is 0 Å². The molecule has 0 atom stereocenters. The highest BCUT2D eigenvalue weighted by Gasteiger charge is 2.09. The predicted molar refractivity (Wildman–Crippen MR) is 143 cm³/mol. The van der Waals surface area contributed by atoms with Crippen molar-refractivity contribution in [3.63, 3.8) is 0 Å². The number of aromatic amines is 1. The molecule has 0 aliphatic heterocycles. The lowest BCUT2D eigenvalue weighted by Crippen LogP contribution is -1.75. The van der Waals surface area contributed by atoms with Gasteiger partial charge in [0.2, 0.25) is 0 Å². The van der Waals surface area contributed by atoms with Crippen LogP contribution in [-0.4, -0.2) is 4.98 Å². The van der Waals surface area contributed by atoms with Crippen LogP contribution >= 0.6 is 0 Å². The van der Waals surface area contributed by atoms with E-state index in [4.69, 9.17) is 0 Å². The van der Waals surface area contributed by atoms with Crippen LogP contribution in [0.4, 0.5) is 0 Å². The van der Waals surface area contributed by atoms with Gasteiger partial charge in [-0.1, -0.05) is 127 Å². The molecular weight excluding hydrogens is 398 g/mol. The SMILES string of the molecule is c1ccc(-c2ccccc2)cc1.c1ccc2c(c1)ccc1c2[nH]c2ccc3ccccc3c21. The van der Waals surface area contributed by atoms with E-state index >= 15 is 0 Å². The molecule has 0 fully saturated rings. The molecule has 1 heterocycles. The van der Waals surface area contributed by atoms with Crippen molar-refractivity contribution < 1.29 is 0 Å². The van der Waals surface area contributed by atoms with E-state index in [-0.39, 0.29) is 0 Å². The first-order valence-electron chi connectivity index (χ1n) is 11.3. The number of fused-ring (bicyclic) bond motifs is 7. The van der Waals surface area contributed by atoms with E-state index in [1.807, 2.05) is 12.1 Å². The number of aromatic nitrogens is 1. The van der Waals surface area contributed by atoms with Gasteiger partial charge < -0.3 is 4.98 Å². The Morgan fingerprint density at radius 3 is 1.55 bits per heavy atom. The lowest BCUT2D eigenvalue weighted by Gasteiger charge is -2.01. The normalized spacial score (nSPS) is 11.0. The van der Waals surface area contributed by atoms with Crippen molar-refractivity contribution in [3.05, 3.63) is 133 Å². The maximum Gasteiger partial charge on any atom is 0.0544 e. The minimum Gasteiger partial charge on any atom is -0.354 e. The fraction of sp³-hybridized carbons (Fsp3) is 0. The van der Waals surface area contributed by atoms with Crippen molar-refractivity contribution in [1.29, 1.82) is 0 Å². The predicted octanol–water partition coefficient (Wildman–Crippen LogP) is 8.98. The minimum atomic E-state index is 1.21. The van der Waals surface area contributed by atoms with Gasteiger partial charge in [0, 0.05) is 21.7 Å². The summed E-state index contributed by atoms with van der Waals surface area (Å²) in [5.74, 6) is 0. The zero-order valence-corrected chi connectivity index (χ0v) is 18.2. The van der Waals surface area contributed by atoms with E-state index in [0.717, 1.165) is 0 Å². The lowest BCUT2D eigenvalue weighted by molar-refractivity contribution is 1.57. The van der Waals surface area contributed by atoms with Crippen LogP contribution in [0.25, 0.3) is 54.5 Å². The summed E-state index contributed by atoms with van der Waals surface area (Å²) >= 11 is 0. The number of hydrogen-bond acceptors (Lipinski definition) is 0. The maximum absolute atomic E-state index is 3.61. The van der Waals surface area contributed by atoms with Crippen molar-refractivity contribution >= 4 is 43.4 Å². The molecule has 0 spiro atoms. The molecule has 1 nitrogen and oxygen atoms in total. The molecule has 156 valence electrons. The van der Waals surface area contributed by atoms with Crippen molar-refractivity contribution in [3.8, 4) is 11.1 Å². The molecule has 1 aromatic heterocycles.